The molecule has 0 bridgehead atoms. The highest BCUT2D eigenvalue weighted by atomic mass is 16.5. The van der Waals surface area contributed by atoms with Crippen molar-refractivity contribution in [2.75, 3.05) is 37.7 Å². The topological polar surface area (TPSA) is 94.1 Å². The van der Waals surface area contributed by atoms with E-state index >= 15 is 0 Å². The van der Waals surface area contributed by atoms with Crippen LogP contribution in [-0.2, 0) is 4.79 Å². The summed E-state index contributed by atoms with van der Waals surface area (Å²) in [5, 5.41) is 23.5. The van der Waals surface area contributed by atoms with E-state index in [0.29, 0.717) is 23.7 Å². The predicted molar refractivity (Wildman–Crippen MR) is 135 cm³/mol. The van der Waals surface area contributed by atoms with Crippen molar-refractivity contribution < 1.29 is 14.6 Å². The fraction of sp³-hybridized carbons (Fsp3) is 0.444. The zero-order chi connectivity index (χ0) is 24.9. The minimum Gasteiger partial charge on any atom is -0.489 e. The Balaban J connectivity index is 1.51. The number of carbonyl (C=O) groups excluding carboxylic acids is 1. The summed E-state index contributed by atoms with van der Waals surface area (Å²) in [6, 6.07) is 12.3. The third-order valence-electron chi connectivity index (χ3n) is 6.31. The number of rotatable bonds is 8. The number of aliphatic hydroxyl groups excluding tert-OH is 1. The standard InChI is InChI=1S/C27H33N5O3/c1-19(2)4-9-26(34)31-12-10-30(11-13-31)23-7-5-21(6-8-23)25-14-24(35-18-20(3)33)17-32-27(25)22(15-28)16-29-32/h5-8,14,16-17,19-20,33H,4,9-13,18H2,1-3H3/t20-/m1/s1. The van der Waals surface area contributed by atoms with Crippen LogP contribution in [0.2, 0.25) is 0 Å². The van der Waals surface area contributed by atoms with E-state index in [0.717, 1.165) is 54.9 Å². The Bertz CT molecular complexity index is 1200. The lowest BCUT2D eigenvalue weighted by molar-refractivity contribution is -0.131. The first-order valence-corrected chi connectivity index (χ1v) is 12.2. The van der Waals surface area contributed by atoms with Crippen molar-refractivity contribution in [3.05, 3.63) is 48.3 Å². The first-order chi connectivity index (χ1) is 16.9. The van der Waals surface area contributed by atoms with Crippen LogP contribution in [0.15, 0.2) is 42.7 Å². The van der Waals surface area contributed by atoms with Crippen molar-refractivity contribution in [1.29, 1.82) is 5.26 Å². The number of nitriles is 1. The molecule has 1 amide bonds. The lowest BCUT2D eigenvalue weighted by atomic mass is 10.0. The average Bonchev–Trinajstić information content (AvgIpc) is 3.29. The molecule has 0 radical (unpaired) electrons. The number of nitrogens with zero attached hydrogens (tertiary/aromatic N) is 5. The molecule has 1 atom stereocenters. The number of hydrogen-bond acceptors (Lipinski definition) is 6. The van der Waals surface area contributed by atoms with E-state index in [2.05, 4.69) is 42.0 Å². The normalized spacial score (nSPS) is 14.9. The van der Waals surface area contributed by atoms with Gasteiger partial charge in [-0.25, -0.2) is 4.52 Å². The molecule has 0 unspecified atom stereocenters. The number of hydrogen-bond donors (Lipinski definition) is 1. The van der Waals surface area contributed by atoms with E-state index in [1.165, 1.54) is 0 Å². The molecule has 1 N–H and O–H groups in total. The summed E-state index contributed by atoms with van der Waals surface area (Å²) in [4.78, 5) is 16.7. The Kier molecular flexibility index (Phi) is 7.57. The Hall–Kier alpha value is -3.57. The van der Waals surface area contributed by atoms with Gasteiger partial charge in [0.05, 0.1) is 29.6 Å². The maximum Gasteiger partial charge on any atom is 0.222 e. The monoisotopic (exact) mass is 475 g/mol. The van der Waals surface area contributed by atoms with Gasteiger partial charge >= 0.3 is 0 Å². The van der Waals surface area contributed by atoms with Gasteiger partial charge in [0.2, 0.25) is 5.91 Å². The molecule has 0 aliphatic carbocycles. The molecule has 8 nitrogen and oxygen atoms in total. The van der Waals surface area contributed by atoms with E-state index in [4.69, 9.17) is 4.74 Å². The first-order valence-electron chi connectivity index (χ1n) is 12.2. The number of piperazine rings is 1. The second kappa shape index (κ2) is 10.8. The molecular formula is C27H33N5O3. The van der Waals surface area contributed by atoms with Crippen molar-refractivity contribution in [1.82, 2.24) is 14.5 Å². The molecule has 3 heterocycles. The maximum absolute atomic E-state index is 12.4. The van der Waals surface area contributed by atoms with Gasteiger partial charge in [-0.2, -0.15) is 10.4 Å². The molecule has 1 fully saturated rings. The highest BCUT2D eigenvalue weighted by Crippen LogP contribution is 2.32. The number of amides is 1. The van der Waals surface area contributed by atoms with Crippen LogP contribution in [0.5, 0.6) is 5.75 Å². The third kappa shape index (κ3) is 5.75. The van der Waals surface area contributed by atoms with Crippen molar-refractivity contribution in [3.8, 4) is 22.9 Å². The van der Waals surface area contributed by atoms with Gasteiger partial charge in [-0.15, -0.1) is 0 Å². The van der Waals surface area contributed by atoms with Gasteiger partial charge in [0.1, 0.15) is 18.4 Å². The number of aromatic nitrogens is 2. The molecule has 1 aromatic carbocycles. The second-order valence-electron chi connectivity index (χ2n) is 9.56. The van der Waals surface area contributed by atoms with Gasteiger partial charge in [0.25, 0.3) is 0 Å². The zero-order valence-corrected chi connectivity index (χ0v) is 20.6. The van der Waals surface area contributed by atoms with Gasteiger partial charge < -0.3 is 19.6 Å². The van der Waals surface area contributed by atoms with E-state index in [1.54, 1.807) is 23.8 Å². The molecule has 8 heteroatoms. The summed E-state index contributed by atoms with van der Waals surface area (Å²) in [5.74, 6) is 1.37. The van der Waals surface area contributed by atoms with Crippen molar-refractivity contribution in [2.24, 2.45) is 5.92 Å². The highest BCUT2D eigenvalue weighted by Gasteiger charge is 2.21. The third-order valence-corrected chi connectivity index (χ3v) is 6.31. The Morgan fingerprint density at radius 1 is 1.17 bits per heavy atom. The van der Waals surface area contributed by atoms with Gasteiger partial charge in [-0.05, 0) is 43.0 Å². The fourth-order valence-electron chi connectivity index (χ4n) is 4.33. The average molecular weight is 476 g/mol. The van der Waals surface area contributed by atoms with Gasteiger partial charge in [-0.1, -0.05) is 26.0 Å². The molecule has 3 aromatic rings. The number of fused-ring (bicyclic) bond motifs is 1. The lowest BCUT2D eigenvalue weighted by Gasteiger charge is -2.36. The minimum absolute atomic E-state index is 0.169. The number of anilines is 1. The Labute approximate surface area is 206 Å². The second-order valence-corrected chi connectivity index (χ2v) is 9.56. The van der Waals surface area contributed by atoms with Crippen LogP contribution in [0, 0.1) is 17.2 Å². The van der Waals surface area contributed by atoms with Crippen LogP contribution < -0.4 is 9.64 Å². The number of carbonyl (C=O) groups is 1. The van der Waals surface area contributed by atoms with Gasteiger partial charge in [0.15, 0.2) is 0 Å². The number of aliphatic hydroxyl groups is 1. The van der Waals surface area contributed by atoms with Crippen LogP contribution in [0.1, 0.15) is 39.2 Å². The van der Waals surface area contributed by atoms with Crippen LogP contribution in [0.3, 0.4) is 0 Å². The molecule has 1 saturated heterocycles. The molecule has 1 aliphatic rings. The molecule has 4 rings (SSSR count). The highest BCUT2D eigenvalue weighted by molar-refractivity contribution is 5.85. The van der Waals surface area contributed by atoms with E-state index in [1.807, 2.05) is 23.1 Å². The predicted octanol–water partition coefficient (Wildman–Crippen LogP) is 3.72. The molecule has 184 valence electrons. The summed E-state index contributed by atoms with van der Waals surface area (Å²) in [7, 11) is 0. The summed E-state index contributed by atoms with van der Waals surface area (Å²) >= 11 is 0. The fourth-order valence-corrected chi connectivity index (χ4v) is 4.33. The molecule has 35 heavy (non-hydrogen) atoms. The smallest absolute Gasteiger partial charge is 0.222 e. The van der Waals surface area contributed by atoms with Crippen LogP contribution in [0.25, 0.3) is 16.6 Å². The SMILES string of the molecule is CC(C)CCC(=O)N1CCN(c2ccc(-c3cc(OC[C@@H](C)O)cn4ncc(C#N)c34)cc2)CC1. The molecule has 0 spiro atoms. The van der Waals surface area contributed by atoms with Crippen molar-refractivity contribution in [3.63, 3.8) is 0 Å². The van der Waals surface area contributed by atoms with Gasteiger partial charge in [-0.3, -0.25) is 4.79 Å². The number of benzene rings is 1. The first kappa shape index (κ1) is 24.6. The summed E-state index contributed by atoms with van der Waals surface area (Å²) < 4.78 is 7.37. The molecule has 2 aromatic heterocycles. The number of pyridine rings is 1. The van der Waals surface area contributed by atoms with Crippen molar-refractivity contribution in [2.45, 2.75) is 39.7 Å². The minimum atomic E-state index is -0.591. The molecular weight excluding hydrogens is 442 g/mol. The molecule has 1 aliphatic heterocycles. The lowest BCUT2D eigenvalue weighted by Crippen LogP contribution is -2.48. The molecule has 0 saturated carbocycles. The summed E-state index contributed by atoms with van der Waals surface area (Å²) in [5.41, 5.74) is 4.10. The van der Waals surface area contributed by atoms with Crippen LogP contribution >= 0.6 is 0 Å². The van der Waals surface area contributed by atoms with Gasteiger partial charge in [0, 0.05) is 43.9 Å². The Morgan fingerprint density at radius 2 is 1.89 bits per heavy atom. The van der Waals surface area contributed by atoms with E-state index in [9.17, 15) is 15.2 Å². The largest absolute Gasteiger partial charge is 0.489 e. The summed E-state index contributed by atoms with van der Waals surface area (Å²) in [6.45, 7) is 9.22. The maximum atomic E-state index is 12.4. The number of ether oxygens (including phenoxy) is 1. The van der Waals surface area contributed by atoms with Crippen LogP contribution in [-0.4, -0.2) is 64.4 Å². The van der Waals surface area contributed by atoms with Crippen molar-refractivity contribution >= 4 is 17.1 Å². The zero-order valence-electron chi connectivity index (χ0n) is 20.6. The summed E-state index contributed by atoms with van der Waals surface area (Å²) in [6.07, 6.45) is 4.24. The van der Waals surface area contributed by atoms with Crippen LogP contribution in [0.4, 0.5) is 5.69 Å². The Morgan fingerprint density at radius 3 is 2.51 bits per heavy atom. The van der Waals surface area contributed by atoms with E-state index in [-0.39, 0.29) is 12.5 Å². The van der Waals surface area contributed by atoms with E-state index < -0.39 is 6.10 Å². The quantitative estimate of drug-likeness (QED) is 0.534.